The molecule has 1 aromatic heterocycles. The lowest BCUT2D eigenvalue weighted by Crippen LogP contribution is -2.38. The van der Waals surface area contributed by atoms with E-state index in [4.69, 9.17) is 15.4 Å². The van der Waals surface area contributed by atoms with Gasteiger partial charge in [-0.05, 0) is 5.53 Å². The molecule has 11 nitrogen and oxygen atoms in total. The first-order valence-electron chi connectivity index (χ1n) is 5.97. The number of hydrogen-bond donors (Lipinski definition) is 4. The highest BCUT2D eigenvalue weighted by atomic mass is 16.6. The van der Waals surface area contributed by atoms with Crippen molar-refractivity contribution in [3.63, 3.8) is 0 Å². The Morgan fingerprint density at radius 1 is 1.43 bits per heavy atom. The first kappa shape index (κ1) is 15.2. The van der Waals surface area contributed by atoms with Crippen LogP contribution < -0.4 is 11.2 Å². The number of aromatic nitrogens is 2. The second kappa shape index (κ2) is 6.08. The van der Waals surface area contributed by atoms with E-state index in [0.29, 0.717) is 0 Å². The maximum atomic E-state index is 11.8. The molecule has 0 spiro atoms. The molecule has 0 amide bonds. The summed E-state index contributed by atoms with van der Waals surface area (Å²) in [5.74, 6) is 0. The average molecular weight is 299 g/mol. The second-order valence-corrected chi connectivity index (χ2v) is 4.44. The van der Waals surface area contributed by atoms with Crippen LogP contribution in [0.1, 0.15) is 11.8 Å². The van der Waals surface area contributed by atoms with Crippen LogP contribution in [0.15, 0.2) is 20.9 Å². The third-order valence-electron chi connectivity index (χ3n) is 3.14. The fraction of sp³-hybridized carbons (Fsp3) is 0.600. The van der Waals surface area contributed by atoms with Crippen LogP contribution >= 0.6 is 0 Å². The van der Waals surface area contributed by atoms with E-state index in [2.05, 4.69) is 10.0 Å². The zero-order valence-corrected chi connectivity index (χ0v) is 10.7. The topological polar surface area (TPSA) is 174 Å². The van der Waals surface area contributed by atoms with Gasteiger partial charge in [-0.25, -0.2) is 4.79 Å². The number of nitrogens with zero attached hydrogens (tertiary/aromatic N) is 4. The summed E-state index contributed by atoms with van der Waals surface area (Å²) in [4.78, 5) is 27.8. The number of rotatable bonds is 4. The Morgan fingerprint density at radius 3 is 2.71 bits per heavy atom. The molecule has 1 saturated heterocycles. The summed E-state index contributed by atoms with van der Waals surface area (Å²) < 4.78 is 6.06. The normalized spacial score (nSPS) is 28.3. The highest BCUT2D eigenvalue weighted by molar-refractivity contribution is 5.06. The van der Waals surface area contributed by atoms with Gasteiger partial charge in [-0.15, -0.1) is 0 Å². The summed E-state index contributed by atoms with van der Waals surface area (Å²) in [5, 5.41) is 31.7. The zero-order chi connectivity index (χ0) is 15.6. The van der Waals surface area contributed by atoms with E-state index in [9.17, 15) is 19.8 Å². The molecule has 1 aromatic rings. The molecule has 2 rings (SSSR count). The number of azide groups is 1. The summed E-state index contributed by atoms with van der Waals surface area (Å²) >= 11 is 0. The molecular weight excluding hydrogens is 286 g/mol. The molecule has 0 saturated carbocycles. The Morgan fingerprint density at radius 2 is 2.14 bits per heavy atom. The van der Waals surface area contributed by atoms with Gasteiger partial charge >= 0.3 is 5.69 Å². The van der Waals surface area contributed by atoms with E-state index < -0.39 is 42.4 Å². The lowest BCUT2D eigenvalue weighted by Gasteiger charge is -2.17. The van der Waals surface area contributed by atoms with Crippen molar-refractivity contribution in [2.45, 2.75) is 31.1 Å². The average Bonchev–Trinajstić information content (AvgIpc) is 2.74. The molecule has 0 radical (unpaired) electrons. The Kier molecular flexibility index (Phi) is 4.40. The Balaban J connectivity index is 2.42. The Labute approximate surface area is 116 Å². The van der Waals surface area contributed by atoms with Gasteiger partial charge < -0.3 is 20.1 Å². The Hall–Kier alpha value is -2.17. The molecule has 1 aliphatic rings. The second-order valence-electron chi connectivity index (χ2n) is 4.44. The van der Waals surface area contributed by atoms with E-state index in [1.165, 1.54) is 0 Å². The van der Waals surface area contributed by atoms with Gasteiger partial charge in [0.05, 0.1) is 13.2 Å². The molecule has 11 heteroatoms. The monoisotopic (exact) mass is 299 g/mol. The predicted molar refractivity (Wildman–Crippen MR) is 67.2 cm³/mol. The standard InChI is InChI=1S/C10H13N5O6/c11-14-12-1-4-2-15(10(20)13-8(4)19)9-7(18)6(17)5(3-16)21-9/h2,5-7,9,16-18H,1,3H2,(H,13,19,20)/t5-,6-,7+,9?/m1/s1. The Bertz CT molecular complexity index is 677. The molecular formula is C10H13N5O6. The van der Waals surface area contributed by atoms with Crippen molar-refractivity contribution in [1.82, 2.24) is 9.55 Å². The number of ether oxygens (including phenoxy) is 1. The zero-order valence-electron chi connectivity index (χ0n) is 10.7. The maximum absolute atomic E-state index is 11.8. The number of hydrogen-bond acceptors (Lipinski definition) is 7. The van der Waals surface area contributed by atoms with Crippen molar-refractivity contribution in [2.24, 2.45) is 5.11 Å². The van der Waals surface area contributed by atoms with Gasteiger partial charge in [-0.3, -0.25) is 14.3 Å². The van der Waals surface area contributed by atoms with Crippen molar-refractivity contribution in [3.05, 3.63) is 43.0 Å². The first-order valence-corrected chi connectivity index (χ1v) is 5.97. The van der Waals surface area contributed by atoms with Crippen LogP contribution in [0.5, 0.6) is 0 Å². The minimum absolute atomic E-state index is 0.00913. The SMILES string of the molecule is [N-]=[N+]=NCc1cn(C2O[C@H](CO)[C@@H](O)[C@@H]2O)c(=O)[nH]c1=O. The number of nitrogens with one attached hydrogen (secondary N) is 1. The summed E-state index contributed by atoms with van der Waals surface area (Å²) in [5.41, 5.74) is 6.65. The lowest BCUT2D eigenvalue weighted by molar-refractivity contribution is -0.0551. The van der Waals surface area contributed by atoms with Crippen LogP contribution in [0.2, 0.25) is 0 Å². The van der Waals surface area contributed by atoms with E-state index in [0.717, 1.165) is 10.8 Å². The van der Waals surface area contributed by atoms with E-state index in [1.54, 1.807) is 0 Å². The summed E-state index contributed by atoms with van der Waals surface area (Å²) in [7, 11) is 0. The predicted octanol–water partition coefficient (Wildman–Crippen LogP) is -2.04. The molecule has 2 heterocycles. The number of H-pyrrole nitrogens is 1. The fourth-order valence-electron chi connectivity index (χ4n) is 2.05. The van der Waals surface area contributed by atoms with Crippen molar-refractivity contribution in [3.8, 4) is 0 Å². The summed E-state index contributed by atoms with van der Waals surface area (Å²) in [6, 6.07) is 0. The maximum Gasteiger partial charge on any atom is 0.330 e. The molecule has 0 aliphatic carbocycles. The smallest absolute Gasteiger partial charge is 0.330 e. The van der Waals surface area contributed by atoms with Crippen molar-refractivity contribution in [1.29, 1.82) is 0 Å². The lowest BCUT2D eigenvalue weighted by atomic mass is 10.1. The number of aliphatic hydroxyl groups is 3. The van der Waals surface area contributed by atoms with Crippen LogP contribution in [0, 0.1) is 0 Å². The molecule has 21 heavy (non-hydrogen) atoms. The molecule has 1 aliphatic heterocycles. The minimum Gasteiger partial charge on any atom is -0.394 e. The van der Waals surface area contributed by atoms with Gasteiger partial charge in [0.1, 0.15) is 18.3 Å². The number of aromatic amines is 1. The fourth-order valence-corrected chi connectivity index (χ4v) is 2.05. The van der Waals surface area contributed by atoms with Crippen molar-refractivity contribution < 1.29 is 20.1 Å². The third-order valence-corrected chi connectivity index (χ3v) is 3.14. The molecule has 114 valence electrons. The van der Waals surface area contributed by atoms with Gasteiger partial charge in [0.2, 0.25) is 0 Å². The first-order chi connectivity index (χ1) is 9.99. The molecule has 1 unspecified atom stereocenters. The molecule has 4 N–H and O–H groups in total. The van der Waals surface area contributed by atoms with Crippen LogP contribution in [0.4, 0.5) is 0 Å². The van der Waals surface area contributed by atoms with Crippen molar-refractivity contribution in [2.75, 3.05) is 6.61 Å². The van der Waals surface area contributed by atoms with Gasteiger partial charge in [0.15, 0.2) is 6.23 Å². The van der Waals surface area contributed by atoms with E-state index >= 15 is 0 Å². The largest absolute Gasteiger partial charge is 0.394 e. The highest BCUT2D eigenvalue weighted by Gasteiger charge is 2.43. The summed E-state index contributed by atoms with van der Waals surface area (Å²) in [6.07, 6.45) is -4.08. The minimum atomic E-state index is -1.46. The van der Waals surface area contributed by atoms with E-state index in [-0.39, 0.29) is 12.1 Å². The van der Waals surface area contributed by atoms with Gasteiger partial charge in [-0.2, -0.15) is 0 Å². The van der Waals surface area contributed by atoms with Crippen LogP contribution in [0.25, 0.3) is 10.4 Å². The molecule has 0 aromatic carbocycles. The third kappa shape index (κ3) is 2.82. The summed E-state index contributed by atoms with van der Waals surface area (Å²) in [6.45, 7) is -0.834. The van der Waals surface area contributed by atoms with E-state index in [1.807, 2.05) is 4.98 Å². The van der Waals surface area contributed by atoms with Gasteiger partial charge in [0, 0.05) is 16.7 Å². The molecule has 1 fully saturated rings. The number of aliphatic hydroxyl groups excluding tert-OH is 3. The van der Waals surface area contributed by atoms with Crippen LogP contribution in [-0.2, 0) is 11.3 Å². The van der Waals surface area contributed by atoms with Gasteiger partial charge in [0.25, 0.3) is 5.56 Å². The highest BCUT2D eigenvalue weighted by Crippen LogP contribution is 2.27. The quantitative estimate of drug-likeness (QED) is 0.283. The molecule has 4 atom stereocenters. The van der Waals surface area contributed by atoms with Gasteiger partial charge in [-0.1, -0.05) is 5.11 Å². The molecule has 0 bridgehead atoms. The van der Waals surface area contributed by atoms with Crippen LogP contribution in [-0.4, -0.2) is 49.8 Å². The van der Waals surface area contributed by atoms with Crippen molar-refractivity contribution >= 4 is 0 Å². The van der Waals surface area contributed by atoms with Crippen LogP contribution in [0.3, 0.4) is 0 Å².